The highest BCUT2D eigenvalue weighted by Crippen LogP contribution is 1.98. The van der Waals surface area contributed by atoms with Crippen LogP contribution in [0.25, 0.3) is 0 Å². The summed E-state index contributed by atoms with van der Waals surface area (Å²) in [7, 11) is 1.78. The number of rotatable bonds is 4. The summed E-state index contributed by atoms with van der Waals surface area (Å²) in [5.41, 5.74) is 0.426. The molecule has 1 N–H and O–H groups in total. The third-order valence-electron chi connectivity index (χ3n) is 1.48. The first-order valence-electron chi connectivity index (χ1n) is 4.21. The van der Waals surface area contributed by atoms with Gasteiger partial charge in [0.2, 0.25) is 5.91 Å². The Bertz CT molecular complexity index is 175. The van der Waals surface area contributed by atoms with Crippen LogP contribution in [0.2, 0.25) is 0 Å². The van der Waals surface area contributed by atoms with Gasteiger partial charge in [0.25, 0.3) is 0 Å². The molecular weight excluding hydrogens is 152 g/mol. The Labute approximate surface area is 74.3 Å². The van der Waals surface area contributed by atoms with E-state index in [1.165, 1.54) is 0 Å². The van der Waals surface area contributed by atoms with Crippen LogP contribution >= 0.6 is 0 Å². The van der Waals surface area contributed by atoms with Crippen molar-refractivity contribution in [1.29, 1.82) is 5.41 Å². The number of nitrogens with zero attached hydrogens (tertiary/aromatic N) is 1. The third kappa shape index (κ3) is 4.88. The molecule has 3 heteroatoms. The summed E-state index contributed by atoms with van der Waals surface area (Å²) in [4.78, 5) is 13.0. The molecule has 0 heterocycles. The summed E-state index contributed by atoms with van der Waals surface area (Å²) in [5.74, 6) is 0.529. The van der Waals surface area contributed by atoms with E-state index in [0.717, 1.165) is 6.54 Å². The first kappa shape index (κ1) is 11.1. The van der Waals surface area contributed by atoms with Gasteiger partial charge in [0.05, 0.1) is 6.42 Å². The fourth-order valence-electron chi connectivity index (χ4n) is 1.01. The van der Waals surface area contributed by atoms with E-state index in [-0.39, 0.29) is 12.3 Å². The number of carbonyl (C=O) groups is 1. The van der Waals surface area contributed by atoms with E-state index in [1.807, 2.05) is 0 Å². The summed E-state index contributed by atoms with van der Waals surface area (Å²) in [6.45, 7) is 6.56. The molecule has 12 heavy (non-hydrogen) atoms. The molecule has 0 spiro atoms. The van der Waals surface area contributed by atoms with Gasteiger partial charge in [0, 0.05) is 19.3 Å². The number of hydrogen-bond donors (Lipinski definition) is 1. The van der Waals surface area contributed by atoms with Gasteiger partial charge in [0.1, 0.15) is 0 Å². The zero-order valence-corrected chi connectivity index (χ0v) is 8.35. The van der Waals surface area contributed by atoms with Gasteiger partial charge in [-0.05, 0) is 12.8 Å². The Morgan fingerprint density at radius 2 is 2.00 bits per heavy atom. The SMILES string of the molecule is CC(=N)CC(=O)N(C)CC(C)C. The maximum Gasteiger partial charge on any atom is 0.227 e. The van der Waals surface area contributed by atoms with Gasteiger partial charge >= 0.3 is 0 Å². The maximum atomic E-state index is 11.3. The highest BCUT2D eigenvalue weighted by molar-refractivity contribution is 5.98. The topological polar surface area (TPSA) is 44.2 Å². The van der Waals surface area contributed by atoms with Crippen LogP contribution in [0.3, 0.4) is 0 Å². The van der Waals surface area contributed by atoms with E-state index >= 15 is 0 Å². The van der Waals surface area contributed by atoms with E-state index in [2.05, 4.69) is 13.8 Å². The second kappa shape index (κ2) is 4.91. The lowest BCUT2D eigenvalue weighted by molar-refractivity contribution is -0.129. The second-order valence-corrected chi connectivity index (χ2v) is 3.63. The summed E-state index contributed by atoms with van der Waals surface area (Å²) in [5, 5.41) is 7.15. The van der Waals surface area contributed by atoms with Crippen molar-refractivity contribution < 1.29 is 4.79 Å². The normalized spacial score (nSPS) is 10.1. The molecule has 0 aliphatic carbocycles. The monoisotopic (exact) mass is 170 g/mol. The van der Waals surface area contributed by atoms with Crippen LogP contribution in [0.4, 0.5) is 0 Å². The smallest absolute Gasteiger partial charge is 0.227 e. The second-order valence-electron chi connectivity index (χ2n) is 3.63. The Balaban J connectivity index is 3.85. The zero-order valence-electron chi connectivity index (χ0n) is 8.35. The van der Waals surface area contributed by atoms with Crippen molar-refractivity contribution in [1.82, 2.24) is 4.90 Å². The molecule has 0 aliphatic rings. The Kier molecular flexibility index (Phi) is 4.55. The van der Waals surface area contributed by atoms with Crippen LogP contribution in [0.5, 0.6) is 0 Å². The van der Waals surface area contributed by atoms with E-state index in [0.29, 0.717) is 11.6 Å². The standard InChI is InChI=1S/C9H18N2O/c1-7(2)6-11(4)9(12)5-8(3)10/h7,10H,5-6H2,1-4H3. The quantitative estimate of drug-likeness (QED) is 0.639. The summed E-state index contributed by atoms with van der Waals surface area (Å²) < 4.78 is 0. The molecule has 0 saturated carbocycles. The highest BCUT2D eigenvalue weighted by atomic mass is 16.2. The average molecular weight is 170 g/mol. The van der Waals surface area contributed by atoms with Crippen molar-refractivity contribution in [2.45, 2.75) is 27.2 Å². The molecule has 0 atom stereocenters. The van der Waals surface area contributed by atoms with Crippen molar-refractivity contribution in [3.05, 3.63) is 0 Å². The van der Waals surface area contributed by atoms with Gasteiger partial charge in [-0.3, -0.25) is 4.79 Å². The predicted octanol–water partition coefficient (Wildman–Crippen LogP) is 1.53. The molecule has 0 saturated heterocycles. The largest absolute Gasteiger partial charge is 0.345 e. The van der Waals surface area contributed by atoms with Crippen molar-refractivity contribution >= 4 is 11.6 Å². The van der Waals surface area contributed by atoms with Gasteiger partial charge in [-0.2, -0.15) is 0 Å². The van der Waals surface area contributed by atoms with E-state index < -0.39 is 0 Å². The lowest BCUT2D eigenvalue weighted by atomic mass is 10.2. The average Bonchev–Trinajstić information content (AvgIpc) is 1.84. The molecule has 0 aliphatic heterocycles. The van der Waals surface area contributed by atoms with E-state index in [1.54, 1.807) is 18.9 Å². The highest BCUT2D eigenvalue weighted by Gasteiger charge is 2.09. The molecular formula is C9H18N2O. The minimum Gasteiger partial charge on any atom is -0.345 e. The minimum atomic E-state index is 0.0381. The molecule has 0 rings (SSSR count). The third-order valence-corrected chi connectivity index (χ3v) is 1.48. The van der Waals surface area contributed by atoms with Gasteiger partial charge in [-0.1, -0.05) is 13.8 Å². The molecule has 1 amide bonds. The van der Waals surface area contributed by atoms with Crippen LogP contribution in [-0.4, -0.2) is 30.1 Å². The van der Waals surface area contributed by atoms with Crippen molar-refractivity contribution in [2.75, 3.05) is 13.6 Å². The Hall–Kier alpha value is -0.860. The van der Waals surface area contributed by atoms with Crippen LogP contribution < -0.4 is 0 Å². The summed E-state index contributed by atoms with van der Waals surface area (Å²) in [6, 6.07) is 0. The molecule has 0 aromatic carbocycles. The number of amides is 1. The maximum absolute atomic E-state index is 11.3. The molecule has 70 valence electrons. The molecule has 0 radical (unpaired) electrons. The fourth-order valence-corrected chi connectivity index (χ4v) is 1.01. The van der Waals surface area contributed by atoms with Crippen LogP contribution in [0, 0.1) is 11.3 Å². The van der Waals surface area contributed by atoms with Crippen molar-refractivity contribution in [3.63, 3.8) is 0 Å². The van der Waals surface area contributed by atoms with Crippen LogP contribution in [0.15, 0.2) is 0 Å². The van der Waals surface area contributed by atoms with E-state index in [4.69, 9.17) is 5.41 Å². The minimum absolute atomic E-state index is 0.0381. The molecule has 0 unspecified atom stereocenters. The number of carbonyl (C=O) groups excluding carboxylic acids is 1. The molecule has 0 fully saturated rings. The Morgan fingerprint density at radius 3 is 2.33 bits per heavy atom. The molecule has 0 aromatic heterocycles. The molecule has 0 bridgehead atoms. The first-order chi connectivity index (χ1) is 5.43. The number of hydrogen-bond acceptors (Lipinski definition) is 2. The zero-order chi connectivity index (χ0) is 9.72. The summed E-state index contributed by atoms with van der Waals surface area (Å²) in [6.07, 6.45) is 0.253. The lowest BCUT2D eigenvalue weighted by Crippen LogP contribution is -2.31. The Morgan fingerprint density at radius 1 is 1.50 bits per heavy atom. The first-order valence-corrected chi connectivity index (χ1v) is 4.21. The molecule has 0 aromatic rings. The van der Waals surface area contributed by atoms with E-state index in [9.17, 15) is 4.79 Å². The van der Waals surface area contributed by atoms with Crippen molar-refractivity contribution in [2.24, 2.45) is 5.92 Å². The van der Waals surface area contributed by atoms with Gasteiger partial charge in [0.15, 0.2) is 0 Å². The van der Waals surface area contributed by atoms with Gasteiger partial charge < -0.3 is 10.3 Å². The predicted molar refractivity (Wildman–Crippen MR) is 50.5 cm³/mol. The lowest BCUT2D eigenvalue weighted by Gasteiger charge is -2.18. The number of nitrogens with one attached hydrogen (secondary N) is 1. The van der Waals surface area contributed by atoms with Crippen molar-refractivity contribution in [3.8, 4) is 0 Å². The van der Waals surface area contributed by atoms with Gasteiger partial charge in [-0.25, -0.2) is 0 Å². The van der Waals surface area contributed by atoms with Crippen LogP contribution in [0.1, 0.15) is 27.2 Å². The van der Waals surface area contributed by atoms with Gasteiger partial charge in [-0.15, -0.1) is 0 Å². The van der Waals surface area contributed by atoms with Crippen LogP contribution in [-0.2, 0) is 4.79 Å². The molecule has 3 nitrogen and oxygen atoms in total. The summed E-state index contributed by atoms with van der Waals surface area (Å²) >= 11 is 0. The fraction of sp³-hybridized carbons (Fsp3) is 0.778.